The Hall–Kier alpha value is -3.43. The van der Waals surface area contributed by atoms with Gasteiger partial charge in [0.25, 0.3) is 0 Å². The Labute approximate surface area is 254 Å². The molecule has 2 aliphatic rings. The van der Waals surface area contributed by atoms with Crippen LogP contribution in [-0.4, -0.2) is 51.4 Å². The van der Waals surface area contributed by atoms with Crippen molar-refractivity contribution < 1.29 is 29.6 Å². The van der Waals surface area contributed by atoms with Crippen molar-refractivity contribution in [3.8, 4) is 11.5 Å². The van der Waals surface area contributed by atoms with Crippen LogP contribution in [0.4, 0.5) is 0 Å². The highest BCUT2D eigenvalue weighted by Crippen LogP contribution is 2.47. The van der Waals surface area contributed by atoms with Crippen molar-refractivity contribution in [2.75, 3.05) is 13.2 Å². The van der Waals surface area contributed by atoms with Gasteiger partial charge in [-0.1, -0.05) is 47.5 Å². The number of thiophene rings is 1. The summed E-state index contributed by atoms with van der Waals surface area (Å²) in [7, 11) is 0. The average molecular weight is 608 g/mol. The lowest BCUT2D eigenvalue weighted by molar-refractivity contribution is -0.140. The number of hydrogen-bond acceptors (Lipinski definition) is 7. The van der Waals surface area contributed by atoms with E-state index in [1.165, 1.54) is 22.3 Å². The van der Waals surface area contributed by atoms with Gasteiger partial charge in [0, 0.05) is 10.8 Å². The van der Waals surface area contributed by atoms with Crippen LogP contribution in [0.2, 0.25) is 5.02 Å². The maximum absolute atomic E-state index is 13.6. The summed E-state index contributed by atoms with van der Waals surface area (Å²) in [5.74, 6) is -1.86. The topological polar surface area (TPSA) is 107 Å². The Morgan fingerprint density at radius 3 is 2.62 bits per heavy atom. The van der Waals surface area contributed by atoms with Gasteiger partial charge in [-0.2, -0.15) is 0 Å². The average Bonchev–Trinajstić information content (AvgIpc) is 3.59. The third-order valence-corrected chi connectivity index (χ3v) is 9.27. The molecule has 3 N–H and O–H groups in total. The summed E-state index contributed by atoms with van der Waals surface area (Å²) in [6, 6.07) is 17.8. The Kier molecular flexibility index (Phi) is 9.48. The number of para-hydroxylation sites is 1. The Balaban J connectivity index is 1.41. The molecule has 42 heavy (non-hydrogen) atoms. The summed E-state index contributed by atoms with van der Waals surface area (Å²) in [5.41, 5.74) is 3.05. The van der Waals surface area contributed by atoms with E-state index in [1.54, 1.807) is 12.1 Å². The molecule has 0 unspecified atom stereocenters. The van der Waals surface area contributed by atoms with Crippen LogP contribution in [-0.2, 0) is 16.1 Å². The fourth-order valence-electron chi connectivity index (χ4n) is 6.05. The number of nitrogens with zero attached hydrogens (tertiary/aromatic N) is 1. The van der Waals surface area contributed by atoms with E-state index in [1.807, 2.05) is 60.8 Å². The van der Waals surface area contributed by atoms with Crippen LogP contribution < -0.4 is 4.74 Å². The second kappa shape index (κ2) is 13.3. The van der Waals surface area contributed by atoms with Crippen LogP contribution in [0, 0.1) is 17.8 Å². The highest BCUT2D eigenvalue weighted by molar-refractivity contribution is 7.09. The Morgan fingerprint density at radius 1 is 1.14 bits per heavy atom. The van der Waals surface area contributed by atoms with Crippen LogP contribution in [0.3, 0.4) is 0 Å². The molecule has 1 aliphatic carbocycles. The van der Waals surface area contributed by atoms with Gasteiger partial charge in [0.2, 0.25) is 11.8 Å². The lowest BCUT2D eigenvalue weighted by atomic mass is 9.68. The number of aromatic hydroxyl groups is 1. The number of aliphatic hydroxyl groups is 2. The molecule has 0 radical (unpaired) electrons. The third-order valence-electron chi connectivity index (χ3n) is 8.08. The third kappa shape index (κ3) is 6.47. The number of phenolic OH excluding ortho intramolecular Hbond substituents is 1. The van der Waals surface area contributed by atoms with Gasteiger partial charge in [0.1, 0.15) is 18.1 Å². The van der Waals surface area contributed by atoms with Crippen LogP contribution in [0.25, 0.3) is 6.08 Å². The number of benzene rings is 2. The second-order valence-electron chi connectivity index (χ2n) is 10.9. The first kappa shape index (κ1) is 30.0. The van der Waals surface area contributed by atoms with Crippen molar-refractivity contribution in [3.05, 3.63) is 98.2 Å². The van der Waals surface area contributed by atoms with E-state index in [0.717, 1.165) is 21.6 Å². The van der Waals surface area contributed by atoms with Crippen LogP contribution >= 0.6 is 22.9 Å². The minimum absolute atomic E-state index is 0.0851. The number of carbonyl (C=O) groups is 2. The fourth-order valence-corrected chi connectivity index (χ4v) is 6.97. The molecular weight excluding hydrogens is 574 g/mol. The molecule has 3 aromatic rings. The van der Waals surface area contributed by atoms with Crippen molar-refractivity contribution in [1.29, 1.82) is 0 Å². The first-order valence-corrected chi connectivity index (χ1v) is 15.2. The molecule has 9 heteroatoms. The Bertz CT molecular complexity index is 1490. The summed E-state index contributed by atoms with van der Waals surface area (Å²) in [5, 5.41) is 34.2. The quantitative estimate of drug-likeness (QED) is 0.187. The van der Waals surface area contributed by atoms with Gasteiger partial charge >= 0.3 is 0 Å². The lowest BCUT2D eigenvalue weighted by Gasteiger charge is -2.36. The predicted molar refractivity (Wildman–Crippen MR) is 163 cm³/mol. The van der Waals surface area contributed by atoms with E-state index >= 15 is 0 Å². The number of rotatable bonds is 11. The van der Waals surface area contributed by atoms with Gasteiger partial charge in [0.05, 0.1) is 36.1 Å². The number of halogens is 1. The summed E-state index contributed by atoms with van der Waals surface area (Å²) in [4.78, 5) is 29.4. The SMILES string of the molecule is C/C(=C\c1ccc(O)cc1Cl)CC[C@@H](O)C1=C(COc2ccccc2)C[C@H]2C(=O)N(Cc3cccs3)C(=O)[C@H]2[C@H]1CO. The molecule has 2 aromatic carbocycles. The second-order valence-corrected chi connectivity index (χ2v) is 12.3. The highest BCUT2D eigenvalue weighted by atomic mass is 35.5. The fraction of sp³-hybridized carbons (Fsp3) is 0.333. The highest BCUT2D eigenvalue weighted by Gasteiger charge is 2.54. The van der Waals surface area contributed by atoms with Crippen LogP contribution in [0.1, 0.15) is 36.6 Å². The molecule has 0 saturated carbocycles. The molecule has 1 fully saturated rings. The number of aliphatic hydroxyl groups excluding tert-OH is 2. The molecule has 1 aromatic heterocycles. The van der Waals surface area contributed by atoms with Gasteiger partial charge in [0.15, 0.2) is 0 Å². The molecular formula is C33H34ClNO6S. The van der Waals surface area contributed by atoms with Crippen molar-refractivity contribution in [2.24, 2.45) is 17.8 Å². The molecule has 2 heterocycles. The zero-order valence-corrected chi connectivity index (χ0v) is 24.9. The Morgan fingerprint density at radius 2 is 1.93 bits per heavy atom. The van der Waals surface area contributed by atoms with E-state index in [4.69, 9.17) is 16.3 Å². The van der Waals surface area contributed by atoms with Crippen molar-refractivity contribution in [1.82, 2.24) is 4.90 Å². The minimum atomic E-state index is -0.953. The number of imide groups is 1. The predicted octanol–water partition coefficient (Wildman–Crippen LogP) is 5.84. The number of hydrogen-bond donors (Lipinski definition) is 3. The van der Waals surface area contributed by atoms with Gasteiger partial charge < -0.3 is 20.1 Å². The van der Waals surface area contributed by atoms with E-state index in [2.05, 4.69) is 0 Å². The molecule has 1 saturated heterocycles. The van der Waals surface area contributed by atoms with Crippen LogP contribution in [0.15, 0.2) is 82.8 Å². The number of amides is 2. The number of carbonyl (C=O) groups excluding carboxylic acids is 2. The number of fused-ring (bicyclic) bond motifs is 1. The minimum Gasteiger partial charge on any atom is -0.508 e. The van der Waals surface area contributed by atoms with E-state index in [-0.39, 0.29) is 43.7 Å². The number of ether oxygens (including phenoxy) is 1. The monoisotopic (exact) mass is 607 g/mol. The summed E-state index contributed by atoms with van der Waals surface area (Å²) < 4.78 is 6.06. The smallest absolute Gasteiger partial charge is 0.234 e. The summed E-state index contributed by atoms with van der Waals surface area (Å²) in [6.45, 7) is 1.91. The molecule has 220 valence electrons. The van der Waals surface area contributed by atoms with E-state index < -0.39 is 23.9 Å². The number of likely N-dealkylation sites (tertiary alicyclic amines) is 1. The molecule has 2 amide bonds. The standard InChI is InChI=1S/C33H34ClNO6S/c1-20(14-21-10-11-23(37)16-28(21)34)9-12-29(38)30-22(19-41-24-6-3-2-4-7-24)15-26-31(27(30)18-36)33(40)35(32(26)39)17-25-8-5-13-42-25/h2-8,10-11,13-14,16,26-27,29,31,36-38H,9,12,15,17-19H2,1H3/b20-14+/t26-,27+,29-,31-/m1/s1. The normalized spacial score (nSPS) is 21.6. The van der Waals surface area contributed by atoms with Gasteiger partial charge in [-0.15, -0.1) is 11.3 Å². The number of allylic oxidation sites excluding steroid dienone is 1. The van der Waals surface area contributed by atoms with E-state index in [0.29, 0.717) is 29.2 Å². The van der Waals surface area contributed by atoms with Gasteiger partial charge in [-0.3, -0.25) is 14.5 Å². The molecule has 7 nitrogen and oxygen atoms in total. The maximum Gasteiger partial charge on any atom is 0.234 e. The molecule has 1 aliphatic heterocycles. The number of phenols is 1. The largest absolute Gasteiger partial charge is 0.508 e. The molecule has 0 bridgehead atoms. The molecule has 5 rings (SSSR count). The lowest BCUT2D eigenvalue weighted by Crippen LogP contribution is -2.40. The van der Waals surface area contributed by atoms with E-state index in [9.17, 15) is 24.9 Å². The van der Waals surface area contributed by atoms with Gasteiger partial charge in [-0.25, -0.2) is 0 Å². The van der Waals surface area contributed by atoms with Crippen molar-refractivity contribution in [3.63, 3.8) is 0 Å². The zero-order valence-electron chi connectivity index (χ0n) is 23.3. The molecule has 0 spiro atoms. The zero-order chi connectivity index (χ0) is 29.8. The first-order chi connectivity index (χ1) is 20.3. The van der Waals surface area contributed by atoms with Crippen LogP contribution in [0.5, 0.6) is 11.5 Å². The molecule has 4 atom stereocenters. The summed E-state index contributed by atoms with van der Waals surface area (Å²) in [6.07, 6.45) is 2.11. The summed E-state index contributed by atoms with van der Waals surface area (Å²) >= 11 is 7.75. The van der Waals surface area contributed by atoms with Gasteiger partial charge in [-0.05, 0) is 84.7 Å². The van der Waals surface area contributed by atoms with Crippen molar-refractivity contribution >= 4 is 40.8 Å². The maximum atomic E-state index is 13.6. The van der Waals surface area contributed by atoms with Crippen molar-refractivity contribution in [2.45, 2.75) is 38.8 Å². The first-order valence-electron chi connectivity index (χ1n) is 14.0.